The molecule has 0 saturated carbocycles. The molecule has 0 amide bonds. The van der Waals surface area contributed by atoms with Crippen LogP contribution in [0.3, 0.4) is 0 Å². The van der Waals surface area contributed by atoms with Gasteiger partial charge in [0.25, 0.3) is 0 Å². The van der Waals surface area contributed by atoms with Gasteiger partial charge in [0.05, 0.1) is 0 Å². The molecule has 0 radical (unpaired) electrons. The van der Waals surface area contributed by atoms with Gasteiger partial charge in [-0.25, -0.2) is 4.39 Å². The van der Waals surface area contributed by atoms with Crippen molar-refractivity contribution in [2.24, 2.45) is 0 Å². The third-order valence-electron chi connectivity index (χ3n) is 5.24. The number of rotatable bonds is 9. The Morgan fingerprint density at radius 1 is 0.931 bits per heavy atom. The van der Waals surface area contributed by atoms with E-state index in [0.29, 0.717) is 8.58 Å². The summed E-state index contributed by atoms with van der Waals surface area (Å²) in [4.78, 5) is 0. The highest BCUT2D eigenvalue weighted by Gasteiger charge is 2.30. The maximum Gasteiger partial charge on any atom is 0.188 e. The summed E-state index contributed by atoms with van der Waals surface area (Å²) in [5, 5.41) is 0.515. The van der Waals surface area contributed by atoms with Crippen LogP contribution >= 0.6 is 8.58 Å². The van der Waals surface area contributed by atoms with Crippen LogP contribution in [0.2, 0.25) is 0 Å². The van der Waals surface area contributed by atoms with Crippen LogP contribution in [0.4, 0.5) is 4.39 Å². The normalized spacial score (nSPS) is 13.5. The fraction of sp³-hybridized carbons (Fsp3) is 0.280. The minimum Gasteiger partial charge on any atom is -0.467 e. The Labute approximate surface area is 174 Å². The summed E-state index contributed by atoms with van der Waals surface area (Å²) in [6.45, 7) is 4.53. The highest BCUT2D eigenvalue weighted by atomic mass is 31.1. The van der Waals surface area contributed by atoms with Gasteiger partial charge in [0, 0.05) is 29.6 Å². The van der Waals surface area contributed by atoms with Crippen molar-refractivity contribution in [2.45, 2.75) is 31.8 Å². The lowest BCUT2D eigenvalue weighted by Gasteiger charge is -2.32. The number of benzene rings is 3. The largest absolute Gasteiger partial charge is 0.467 e. The Bertz CT molecular complexity index is 929. The van der Waals surface area contributed by atoms with E-state index in [-0.39, 0.29) is 17.8 Å². The summed E-state index contributed by atoms with van der Waals surface area (Å²) in [6.07, 6.45) is 1.65. The number of para-hydroxylation sites is 1. The molecule has 0 aromatic heterocycles. The Kier molecular flexibility index (Phi) is 7.41. The van der Waals surface area contributed by atoms with Gasteiger partial charge in [-0.15, -0.1) is 0 Å². The van der Waals surface area contributed by atoms with Gasteiger partial charge in [0.15, 0.2) is 6.79 Å². The lowest BCUT2D eigenvalue weighted by molar-refractivity contribution is 0.0494. The molecular weight excluding hydrogens is 382 g/mol. The quantitative estimate of drug-likeness (QED) is 0.317. The molecule has 2 unspecified atom stereocenters. The summed E-state index contributed by atoms with van der Waals surface area (Å²) >= 11 is 0. The molecular formula is C25H28FO2P. The van der Waals surface area contributed by atoms with E-state index >= 15 is 0 Å². The molecule has 0 saturated heterocycles. The molecule has 0 aliphatic carbocycles. The number of hydrogen-bond donors (Lipinski definition) is 0. The van der Waals surface area contributed by atoms with Crippen molar-refractivity contribution < 1.29 is 13.9 Å². The Morgan fingerprint density at radius 3 is 2.34 bits per heavy atom. The predicted octanol–water partition coefficient (Wildman–Crippen LogP) is 6.03. The SMILES string of the molecule is CCC(C)(Pc1ccccc1F)c1cccc(Cc2ccccc2)c1OCOC. The average Bonchev–Trinajstić information content (AvgIpc) is 2.75. The third kappa shape index (κ3) is 5.23. The number of hydrogen-bond acceptors (Lipinski definition) is 2. The molecule has 0 bridgehead atoms. The molecule has 4 heteroatoms. The second-order valence-electron chi connectivity index (χ2n) is 7.30. The molecule has 3 rings (SSSR count). The van der Waals surface area contributed by atoms with Crippen LogP contribution in [-0.4, -0.2) is 13.9 Å². The zero-order valence-corrected chi connectivity index (χ0v) is 18.2. The first-order valence-electron chi connectivity index (χ1n) is 9.88. The van der Waals surface area contributed by atoms with E-state index in [1.807, 2.05) is 30.3 Å². The van der Waals surface area contributed by atoms with Crippen LogP contribution in [0.15, 0.2) is 72.8 Å². The van der Waals surface area contributed by atoms with Gasteiger partial charge >= 0.3 is 0 Å². The van der Waals surface area contributed by atoms with Gasteiger partial charge in [-0.1, -0.05) is 89.2 Å². The Morgan fingerprint density at radius 2 is 1.66 bits per heavy atom. The van der Waals surface area contributed by atoms with Crippen molar-refractivity contribution in [3.63, 3.8) is 0 Å². The van der Waals surface area contributed by atoms with Gasteiger partial charge in [-0.3, -0.25) is 0 Å². The maximum atomic E-state index is 14.4. The molecule has 0 heterocycles. The highest BCUT2D eigenvalue weighted by molar-refractivity contribution is 7.48. The number of methoxy groups -OCH3 is 1. The van der Waals surface area contributed by atoms with E-state index in [1.165, 1.54) is 11.6 Å². The highest BCUT2D eigenvalue weighted by Crippen LogP contribution is 2.48. The smallest absolute Gasteiger partial charge is 0.188 e. The maximum absolute atomic E-state index is 14.4. The Balaban J connectivity index is 2.03. The lowest BCUT2D eigenvalue weighted by Crippen LogP contribution is -2.21. The summed E-state index contributed by atoms with van der Waals surface area (Å²) in [5.74, 6) is 0.705. The van der Waals surface area contributed by atoms with Crippen molar-refractivity contribution in [2.75, 3.05) is 13.9 Å². The van der Waals surface area contributed by atoms with Gasteiger partial charge in [-0.05, 0) is 23.6 Å². The second-order valence-corrected chi connectivity index (χ2v) is 9.19. The van der Waals surface area contributed by atoms with Crippen LogP contribution in [0.5, 0.6) is 5.75 Å². The van der Waals surface area contributed by atoms with E-state index in [4.69, 9.17) is 9.47 Å². The van der Waals surface area contributed by atoms with Gasteiger partial charge in [0.2, 0.25) is 0 Å². The van der Waals surface area contributed by atoms with Crippen LogP contribution in [-0.2, 0) is 16.3 Å². The van der Waals surface area contributed by atoms with Gasteiger partial charge < -0.3 is 9.47 Å². The van der Waals surface area contributed by atoms with E-state index < -0.39 is 0 Å². The fourth-order valence-corrected chi connectivity index (χ4v) is 4.95. The second kappa shape index (κ2) is 10.0. The molecule has 2 nitrogen and oxygen atoms in total. The first-order chi connectivity index (χ1) is 14.1. The summed E-state index contributed by atoms with van der Waals surface area (Å²) in [6, 6.07) is 23.7. The van der Waals surface area contributed by atoms with Gasteiger partial charge in [-0.2, -0.15) is 0 Å². The van der Waals surface area contributed by atoms with E-state index in [9.17, 15) is 4.39 Å². The minimum absolute atomic E-state index is 0.148. The Hall–Kier alpha value is -2.22. The molecule has 0 aliphatic rings. The summed E-state index contributed by atoms with van der Waals surface area (Å²) in [7, 11) is 1.92. The molecule has 29 heavy (non-hydrogen) atoms. The molecule has 0 N–H and O–H groups in total. The van der Waals surface area contributed by atoms with Crippen molar-refractivity contribution >= 4 is 13.9 Å². The van der Waals surface area contributed by atoms with E-state index in [2.05, 4.69) is 44.2 Å². The monoisotopic (exact) mass is 410 g/mol. The van der Waals surface area contributed by atoms with Crippen LogP contribution in [0, 0.1) is 5.82 Å². The first-order valence-corrected chi connectivity index (χ1v) is 10.9. The van der Waals surface area contributed by atoms with Crippen molar-refractivity contribution in [3.8, 4) is 5.75 Å². The van der Waals surface area contributed by atoms with E-state index in [0.717, 1.165) is 35.0 Å². The summed E-state index contributed by atoms with van der Waals surface area (Å²) in [5.41, 5.74) is 3.44. The zero-order chi connectivity index (χ0) is 20.7. The fourth-order valence-electron chi connectivity index (χ4n) is 3.47. The molecule has 0 aliphatic heterocycles. The lowest BCUT2D eigenvalue weighted by atomic mass is 9.92. The molecule has 3 aromatic rings. The molecule has 0 spiro atoms. The van der Waals surface area contributed by atoms with Crippen molar-refractivity contribution in [1.82, 2.24) is 0 Å². The molecule has 3 aromatic carbocycles. The standard InChI is InChI=1S/C25H28FO2P/c1-4-25(2,29-23-16-9-8-15-22(23)26)21-14-10-13-20(24(21)28-18-27-3)17-19-11-6-5-7-12-19/h5-16,29H,4,17-18H2,1-3H3. The van der Waals surface area contributed by atoms with Gasteiger partial charge in [0.1, 0.15) is 11.6 Å². The predicted molar refractivity (Wildman–Crippen MR) is 120 cm³/mol. The molecule has 0 fully saturated rings. The van der Waals surface area contributed by atoms with Crippen LogP contribution in [0.1, 0.15) is 37.0 Å². The van der Waals surface area contributed by atoms with Crippen molar-refractivity contribution in [3.05, 3.63) is 95.3 Å². The van der Waals surface area contributed by atoms with Crippen LogP contribution < -0.4 is 10.0 Å². The number of halogens is 1. The van der Waals surface area contributed by atoms with Crippen LogP contribution in [0.25, 0.3) is 0 Å². The van der Waals surface area contributed by atoms with E-state index in [1.54, 1.807) is 13.2 Å². The molecule has 152 valence electrons. The molecule has 2 atom stereocenters. The zero-order valence-electron chi connectivity index (χ0n) is 17.2. The minimum atomic E-state index is -0.238. The number of ether oxygens (including phenoxy) is 2. The average molecular weight is 410 g/mol. The summed E-state index contributed by atoms with van der Waals surface area (Å²) < 4.78 is 25.7. The third-order valence-corrected chi connectivity index (χ3v) is 7.09. The van der Waals surface area contributed by atoms with Crippen molar-refractivity contribution in [1.29, 1.82) is 0 Å². The first kappa shape index (κ1) is 21.5. The topological polar surface area (TPSA) is 18.5 Å².